The first-order valence-corrected chi connectivity index (χ1v) is 4.69. The molecule has 0 saturated carbocycles. The lowest BCUT2D eigenvalue weighted by atomic mass is 9.86. The maximum Gasteiger partial charge on any atom is 0.187 e. The van der Waals surface area contributed by atoms with Crippen molar-refractivity contribution in [1.29, 1.82) is 0 Å². The lowest BCUT2D eigenvalue weighted by Crippen LogP contribution is -2.47. The van der Waals surface area contributed by atoms with Crippen LogP contribution in [0.15, 0.2) is 23.3 Å². The van der Waals surface area contributed by atoms with Crippen LogP contribution < -0.4 is 0 Å². The molecule has 6 heteroatoms. The fraction of sp³-hybridized carbons (Fsp3) is 0.400. The van der Waals surface area contributed by atoms with E-state index >= 15 is 0 Å². The van der Waals surface area contributed by atoms with Crippen molar-refractivity contribution in [2.75, 3.05) is 6.61 Å². The molecule has 1 aliphatic carbocycles. The van der Waals surface area contributed by atoms with Crippen LogP contribution in [0.3, 0.4) is 0 Å². The molecule has 0 aromatic rings. The number of aliphatic hydroxyl groups is 3. The van der Waals surface area contributed by atoms with E-state index in [-0.39, 0.29) is 11.1 Å². The van der Waals surface area contributed by atoms with Gasteiger partial charge in [0, 0.05) is 5.57 Å². The highest BCUT2D eigenvalue weighted by Crippen LogP contribution is 2.29. The van der Waals surface area contributed by atoms with E-state index in [9.17, 15) is 19.8 Å². The van der Waals surface area contributed by atoms with E-state index in [1.54, 1.807) is 0 Å². The average molecular weight is 226 g/mol. The molecule has 3 N–H and O–H groups in total. The molecule has 3 atom stereocenters. The summed E-state index contributed by atoms with van der Waals surface area (Å²) in [6.07, 6.45) is -2.05. The van der Waals surface area contributed by atoms with Crippen molar-refractivity contribution < 1.29 is 29.6 Å². The fourth-order valence-electron chi connectivity index (χ4n) is 1.79. The molecular weight excluding hydrogens is 216 g/mol. The molecule has 0 bridgehead atoms. The lowest BCUT2D eigenvalue weighted by Gasteiger charge is -2.33. The number of carbonyl (C=O) groups is 2. The highest BCUT2D eigenvalue weighted by atomic mass is 16.6. The molecule has 1 aliphatic heterocycles. The number of ketones is 2. The van der Waals surface area contributed by atoms with E-state index in [0.717, 1.165) is 12.2 Å². The summed E-state index contributed by atoms with van der Waals surface area (Å²) in [6, 6.07) is 0. The van der Waals surface area contributed by atoms with Gasteiger partial charge in [-0.1, -0.05) is 0 Å². The molecule has 2 aliphatic rings. The van der Waals surface area contributed by atoms with Crippen molar-refractivity contribution in [2.45, 2.75) is 18.5 Å². The van der Waals surface area contributed by atoms with Crippen molar-refractivity contribution in [2.24, 2.45) is 0 Å². The van der Waals surface area contributed by atoms with Crippen molar-refractivity contribution >= 4 is 11.6 Å². The summed E-state index contributed by atoms with van der Waals surface area (Å²) in [5.41, 5.74) is -0.435. The van der Waals surface area contributed by atoms with E-state index in [1.807, 2.05) is 0 Å². The number of allylic oxidation sites excluding steroid dienone is 2. The van der Waals surface area contributed by atoms with Gasteiger partial charge >= 0.3 is 0 Å². The second-order valence-corrected chi connectivity index (χ2v) is 3.54. The molecule has 0 fully saturated rings. The quantitative estimate of drug-likeness (QED) is 0.449. The third kappa shape index (κ3) is 1.52. The van der Waals surface area contributed by atoms with E-state index in [1.165, 1.54) is 0 Å². The van der Waals surface area contributed by atoms with Crippen LogP contribution in [0.2, 0.25) is 0 Å². The molecule has 1 heterocycles. The Labute approximate surface area is 90.5 Å². The summed E-state index contributed by atoms with van der Waals surface area (Å²) in [6.45, 7) is -0.555. The summed E-state index contributed by atoms with van der Waals surface area (Å²) in [5, 5.41) is 28.1. The monoisotopic (exact) mass is 226 g/mol. The average Bonchev–Trinajstić information content (AvgIpc) is 2.26. The summed E-state index contributed by atoms with van der Waals surface area (Å²) >= 11 is 0. The van der Waals surface area contributed by atoms with Gasteiger partial charge in [0.2, 0.25) is 0 Å². The van der Waals surface area contributed by atoms with Gasteiger partial charge in [-0.3, -0.25) is 9.59 Å². The Bertz CT molecular complexity index is 408. The largest absolute Gasteiger partial charge is 0.394 e. The third-order valence-corrected chi connectivity index (χ3v) is 2.59. The molecular formula is C10H10O6. The number of ether oxygens (including phenoxy) is 1. The van der Waals surface area contributed by atoms with Gasteiger partial charge < -0.3 is 20.1 Å². The minimum absolute atomic E-state index is 0.190. The van der Waals surface area contributed by atoms with E-state index < -0.39 is 36.7 Å². The number of hydrogen-bond acceptors (Lipinski definition) is 6. The fourth-order valence-corrected chi connectivity index (χ4v) is 1.79. The number of aliphatic hydroxyl groups excluding tert-OH is 3. The van der Waals surface area contributed by atoms with Crippen LogP contribution in [0.1, 0.15) is 0 Å². The highest BCUT2D eigenvalue weighted by Gasteiger charge is 2.41. The Morgan fingerprint density at radius 3 is 2.25 bits per heavy atom. The minimum Gasteiger partial charge on any atom is -0.394 e. The standard InChI is InChI=1S/C10H10O6/c11-3-6-9(14)7-4(12)1-2-5(13)8(7)10(15)16-6/h1-2,6,9-11,14-15H,3H2. The first kappa shape index (κ1) is 11.2. The number of carbonyl (C=O) groups excluding carboxylic acids is 2. The van der Waals surface area contributed by atoms with Crippen molar-refractivity contribution in [3.05, 3.63) is 23.3 Å². The smallest absolute Gasteiger partial charge is 0.187 e. The Balaban J connectivity index is 2.49. The second-order valence-electron chi connectivity index (χ2n) is 3.54. The predicted octanol–water partition coefficient (Wildman–Crippen LogP) is -1.94. The third-order valence-electron chi connectivity index (χ3n) is 2.59. The molecule has 6 nitrogen and oxygen atoms in total. The van der Waals surface area contributed by atoms with Gasteiger partial charge in [-0.05, 0) is 12.2 Å². The van der Waals surface area contributed by atoms with Crippen molar-refractivity contribution in [3.63, 3.8) is 0 Å². The molecule has 0 saturated heterocycles. The second kappa shape index (κ2) is 3.91. The Hall–Kier alpha value is -1.34. The first-order valence-electron chi connectivity index (χ1n) is 4.69. The van der Waals surface area contributed by atoms with Gasteiger partial charge in [-0.15, -0.1) is 0 Å². The zero-order valence-electron chi connectivity index (χ0n) is 8.16. The van der Waals surface area contributed by atoms with Crippen LogP contribution in [0, 0.1) is 0 Å². The molecule has 16 heavy (non-hydrogen) atoms. The SMILES string of the molecule is O=C1C=CC(=O)C2=C1C(O)OC(CO)C2O. The van der Waals surface area contributed by atoms with Gasteiger partial charge in [0.05, 0.1) is 12.2 Å². The zero-order chi connectivity index (χ0) is 11.9. The van der Waals surface area contributed by atoms with Crippen LogP contribution in [0.25, 0.3) is 0 Å². The normalized spacial score (nSPS) is 34.3. The van der Waals surface area contributed by atoms with Gasteiger partial charge in [0.15, 0.2) is 17.9 Å². The molecule has 0 amide bonds. The first-order chi connectivity index (χ1) is 7.56. The molecule has 86 valence electrons. The molecule has 3 unspecified atom stereocenters. The summed E-state index contributed by atoms with van der Waals surface area (Å²) in [5.74, 6) is -1.12. The molecule has 0 aromatic heterocycles. The van der Waals surface area contributed by atoms with Gasteiger partial charge in [-0.25, -0.2) is 0 Å². The van der Waals surface area contributed by atoms with Gasteiger partial charge in [-0.2, -0.15) is 0 Å². The Morgan fingerprint density at radius 2 is 1.69 bits per heavy atom. The van der Waals surface area contributed by atoms with E-state index in [4.69, 9.17) is 9.84 Å². The number of hydrogen-bond donors (Lipinski definition) is 3. The van der Waals surface area contributed by atoms with Crippen LogP contribution in [0.5, 0.6) is 0 Å². The molecule has 0 radical (unpaired) electrons. The van der Waals surface area contributed by atoms with Crippen LogP contribution in [0.4, 0.5) is 0 Å². The minimum atomic E-state index is -1.59. The molecule has 0 spiro atoms. The van der Waals surface area contributed by atoms with Gasteiger partial charge in [0.1, 0.15) is 12.2 Å². The van der Waals surface area contributed by atoms with Crippen LogP contribution in [-0.4, -0.2) is 52.0 Å². The van der Waals surface area contributed by atoms with E-state index in [0.29, 0.717) is 0 Å². The number of rotatable bonds is 1. The van der Waals surface area contributed by atoms with E-state index in [2.05, 4.69) is 0 Å². The predicted molar refractivity (Wildman–Crippen MR) is 50.2 cm³/mol. The highest BCUT2D eigenvalue weighted by molar-refractivity contribution is 6.21. The summed E-state index contributed by atoms with van der Waals surface area (Å²) in [4.78, 5) is 22.9. The van der Waals surface area contributed by atoms with Crippen LogP contribution in [-0.2, 0) is 14.3 Å². The summed E-state index contributed by atoms with van der Waals surface area (Å²) in [7, 11) is 0. The summed E-state index contributed by atoms with van der Waals surface area (Å²) < 4.78 is 4.83. The lowest BCUT2D eigenvalue weighted by molar-refractivity contribution is -0.169. The maximum absolute atomic E-state index is 11.5. The Kier molecular flexibility index (Phi) is 2.73. The van der Waals surface area contributed by atoms with Crippen LogP contribution >= 0.6 is 0 Å². The Morgan fingerprint density at radius 1 is 1.12 bits per heavy atom. The van der Waals surface area contributed by atoms with Gasteiger partial charge in [0.25, 0.3) is 0 Å². The topological polar surface area (TPSA) is 104 Å². The van der Waals surface area contributed by atoms with Crippen molar-refractivity contribution in [3.8, 4) is 0 Å². The maximum atomic E-state index is 11.5. The molecule has 0 aromatic carbocycles. The molecule has 2 rings (SSSR count). The van der Waals surface area contributed by atoms with Crippen molar-refractivity contribution in [1.82, 2.24) is 0 Å². The zero-order valence-corrected chi connectivity index (χ0v) is 8.16.